The second-order valence-electron chi connectivity index (χ2n) is 6.41. The number of methoxy groups -OCH3 is 1. The molecule has 0 aromatic heterocycles. The number of carbonyl (C=O) groups excluding carboxylic acids is 2. The lowest BCUT2D eigenvalue weighted by Crippen LogP contribution is -2.32. The van der Waals surface area contributed by atoms with Crippen molar-refractivity contribution in [3.8, 4) is 5.75 Å². The minimum absolute atomic E-state index is 0.162. The summed E-state index contributed by atoms with van der Waals surface area (Å²) in [5.41, 5.74) is 4.31. The molecule has 1 N–H and O–H groups in total. The molecule has 5 nitrogen and oxygen atoms in total. The molecule has 1 heterocycles. The molecule has 0 fully saturated rings. The number of rotatable bonds is 6. The lowest BCUT2D eigenvalue weighted by atomic mass is 10.0. The molecule has 5 heteroatoms. The van der Waals surface area contributed by atoms with E-state index in [0.717, 1.165) is 16.8 Å². The summed E-state index contributed by atoms with van der Waals surface area (Å²) in [5.74, 6) is -0.0110. The number of imide groups is 1. The van der Waals surface area contributed by atoms with Gasteiger partial charge >= 0.3 is 0 Å². The molecule has 0 saturated heterocycles. The minimum atomic E-state index is -0.357. The van der Waals surface area contributed by atoms with Gasteiger partial charge in [-0.25, -0.2) is 0 Å². The Hall–Kier alpha value is -3.34. The van der Waals surface area contributed by atoms with E-state index in [1.54, 1.807) is 37.5 Å². The van der Waals surface area contributed by atoms with E-state index in [1.807, 2.05) is 32.0 Å². The van der Waals surface area contributed by atoms with Gasteiger partial charge in [0.1, 0.15) is 11.4 Å². The maximum absolute atomic E-state index is 12.9. The Morgan fingerprint density at radius 2 is 1.74 bits per heavy atom. The van der Waals surface area contributed by atoms with E-state index in [1.165, 1.54) is 4.90 Å². The van der Waals surface area contributed by atoms with Crippen molar-refractivity contribution in [3.05, 3.63) is 77.5 Å². The Kier molecular flexibility index (Phi) is 5.12. The van der Waals surface area contributed by atoms with Crippen LogP contribution < -0.4 is 10.1 Å². The Labute approximate surface area is 158 Å². The maximum atomic E-state index is 12.9. The first-order chi connectivity index (χ1) is 13.0. The van der Waals surface area contributed by atoms with E-state index in [4.69, 9.17) is 4.74 Å². The van der Waals surface area contributed by atoms with E-state index < -0.39 is 0 Å². The quantitative estimate of drug-likeness (QED) is 0.629. The van der Waals surface area contributed by atoms with Crippen molar-refractivity contribution in [1.29, 1.82) is 0 Å². The van der Waals surface area contributed by atoms with Crippen molar-refractivity contribution in [3.63, 3.8) is 0 Å². The molecule has 2 amide bonds. The van der Waals surface area contributed by atoms with Gasteiger partial charge in [0.05, 0.1) is 12.7 Å². The number of benzene rings is 2. The molecule has 1 aliphatic heterocycles. The van der Waals surface area contributed by atoms with Gasteiger partial charge in [0.2, 0.25) is 0 Å². The van der Waals surface area contributed by atoms with Crippen molar-refractivity contribution in [2.75, 3.05) is 19.0 Å². The molecule has 0 saturated carbocycles. The largest absolute Gasteiger partial charge is 0.497 e. The molecule has 0 atom stereocenters. The summed E-state index contributed by atoms with van der Waals surface area (Å²) >= 11 is 0. The fourth-order valence-electron chi connectivity index (χ4n) is 2.98. The van der Waals surface area contributed by atoms with Gasteiger partial charge in [-0.15, -0.1) is 6.58 Å². The van der Waals surface area contributed by atoms with E-state index in [-0.39, 0.29) is 24.1 Å². The highest BCUT2D eigenvalue weighted by atomic mass is 16.5. The maximum Gasteiger partial charge on any atom is 0.278 e. The number of anilines is 1. The average molecular weight is 362 g/mol. The number of ether oxygens (including phenoxy) is 1. The van der Waals surface area contributed by atoms with Gasteiger partial charge in [0, 0.05) is 12.2 Å². The lowest BCUT2D eigenvalue weighted by molar-refractivity contribution is -0.136. The molecular weight excluding hydrogens is 340 g/mol. The first-order valence-corrected chi connectivity index (χ1v) is 8.66. The predicted octanol–water partition coefficient (Wildman–Crippen LogP) is 3.69. The third-order valence-electron chi connectivity index (χ3n) is 4.63. The third-order valence-corrected chi connectivity index (χ3v) is 4.63. The molecule has 0 unspecified atom stereocenters. The van der Waals surface area contributed by atoms with Gasteiger partial charge < -0.3 is 10.1 Å². The van der Waals surface area contributed by atoms with Crippen LogP contribution in [0.25, 0.3) is 5.57 Å². The summed E-state index contributed by atoms with van der Waals surface area (Å²) in [4.78, 5) is 27.0. The molecule has 2 aromatic rings. The topological polar surface area (TPSA) is 58.6 Å². The van der Waals surface area contributed by atoms with E-state index in [0.29, 0.717) is 16.9 Å². The third kappa shape index (κ3) is 3.49. The van der Waals surface area contributed by atoms with Crippen LogP contribution >= 0.6 is 0 Å². The monoisotopic (exact) mass is 362 g/mol. The minimum Gasteiger partial charge on any atom is -0.497 e. The van der Waals surface area contributed by atoms with Crippen LogP contribution in [0.1, 0.15) is 16.7 Å². The van der Waals surface area contributed by atoms with Crippen LogP contribution in [0.4, 0.5) is 5.69 Å². The fourth-order valence-corrected chi connectivity index (χ4v) is 2.98. The van der Waals surface area contributed by atoms with Gasteiger partial charge in [-0.2, -0.15) is 0 Å². The normalized spacial score (nSPS) is 14.0. The molecule has 3 rings (SSSR count). The zero-order valence-corrected chi connectivity index (χ0v) is 15.7. The molecular formula is C22H22N2O3. The Balaban J connectivity index is 2.07. The molecule has 0 aliphatic carbocycles. The SMILES string of the molecule is C=CCN1C(=O)C(Nc2ccc(C)c(C)c2)=C(c2ccc(OC)cc2)C1=O. The van der Waals surface area contributed by atoms with Crippen LogP contribution in [0, 0.1) is 13.8 Å². The highest BCUT2D eigenvalue weighted by Gasteiger charge is 2.38. The second kappa shape index (κ2) is 7.50. The zero-order chi connectivity index (χ0) is 19.6. The van der Waals surface area contributed by atoms with Crippen LogP contribution in [0.15, 0.2) is 60.8 Å². The molecule has 27 heavy (non-hydrogen) atoms. The summed E-state index contributed by atoms with van der Waals surface area (Å²) in [7, 11) is 1.58. The smallest absolute Gasteiger partial charge is 0.278 e. The molecule has 1 aliphatic rings. The zero-order valence-electron chi connectivity index (χ0n) is 15.7. The van der Waals surface area contributed by atoms with E-state index in [2.05, 4.69) is 11.9 Å². The summed E-state index contributed by atoms with van der Waals surface area (Å²) in [6.45, 7) is 7.83. The highest BCUT2D eigenvalue weighted by Crippen LogP contribution is 2.31. The van der Waals surface area contributed by atoms with Crippen molar-refractivity contribution >= 4 is 23.1 Å². The van der Waals surface area contributed by atoms with E-state index >= 15 is 0 Å². The average Bonchev–Trinajstić information content (AvgIpc) is 2.89. The summed E-state index contributed by atoms with van der Waals surface area (Å²) < 4.78 is 5.18. The first-order valence-electron chi connectivity index (χ1n) is 8.66. The Morgan fingerprint density at radius 3 is 2.33 bits per heavy atom. The van der Waals surface area contributed by atoms with Gasteiger partial charge in [0.25, 0.3) is 11.8 Å². The number of amides is 2. The highest BCUT2D eigenvalue weighted by molar-refractivity contribution is 6.36. The van der Waals surface area contributed by atoms with Crippen molar-refractivity contribution in [2.24, 2.45) is 0 Å². The van der Waals surface area contributed by atoms with Crippen LogP contribution in [0.5, 0.6) is 5.75 Å². The molecule has 0 radical (unpaired) electrons. The van der Waals surface area contributed by atoms with Crippen LogP contribution in [0.3, 0.4) is 0 Å². The number of carbonyl (C=O) groups is 2. The Morgan fingerprint density at radius 1 is 1.04 bits per heavy atom. The van der Waals surface area contributed by atoms with Crippen molar-refractivity contribution in [2.45, 2.75) is 13.8 Å². The first kappa shape index (κ1) is 18.5. The number of hydrogen-bond acceptors (Lipinski definition) is 4. The van der Waals surface area contributed by atoms with E-state index in [9.17, 15) is 9.59 Å². The van der Waals surface area contributed by atoms with Crippen molar-refractivity contribution in [1.82, 2.24) is 4.90 Å². The number of nitrogens with one attached hydrogen (secondary N) is 1. The summed E-state index contributed by atoms with van der Waals surface area (Å²) in [6.07, 6.45) is 1.54. The van der Waals surface area contributed by atoms with Gasteiger partial charge in [0.15, 0.2) is 0 Å². The van der Waals surface area contributed by atoms with Gasteiger partial charge in [-0.3, -0.25) is 14.5 Å². The molecule has 0 spiro atoms. The van der Waals surface area contributed by atoms with Crippen molar-refractivity contribution < 1.29 is 14.3 Å². The van der Waals surface area contributed by atoms with Gasteiger partial charge in [-0.05, 0) is 54.8 Å². The standard InChI is InChI=1S/C22H22N2O3/c1-5-12-24-21(25)19(16-7-10-18(27-4)11-8-16)20(22(24)26)23-17-9-6-14(2)15(3)13-17/h5-11,13,23H,1,12H2,2-4H3. The number of hydrogen-bond donors (Lipinski definition) is 1. The lowest BCUT2D eigenvalue weighted by Gasteiger charge is -2.13. The Bertz CT molecular complexity index is 943. The molecule has 138 valence electrons. The second-order valence-corrected chi connectivity index (χ2v) is 6.41. The fraction of sp³-hybridized carbons (Fsp3) is 0.182. The molecule has 0 bridgehead atoms. The van der Waals surface area contributed by atoms with Crippen LogP contribution in [-0.2, 0) is 9.59 Å². The number of nitrogens with zero attached hydrogens (tertiary/aromatic N) is 1. The number of aryl methyl sites for hydroxylation is 2. The van der Waals surface area contributed by atoms with Crippen LogP contribution in [0.2, 0.25) is 0 Å². The summed E-state index contributed by atoms with van der Waals surface area (Å²) in [6, 6.07) is 12.9. The summed E-state index contributed by atoms with van der Waals surface area (Å²) in [5, 5.41) is 3.16. The molecule has 2 aromatic carbocycles. The van der Waals surface area contributed by atoms with Crippen LogP contribution in [-0.4, -0.2) is 30.4 Å². The van der Waals surface area contributed by atoms with Gasteiger partial charge in [-0.1, -0.05) is 24.3 Å². The predicted molar refractivity (Wildman–Crippen MR) is 106 cm³/mol.